The van der Waals surface area contributed by atoms with Gasteiger partial charge in [-0.3, -0.25) is 9.59 Å². The number of ketones is 2. The first-order chi connectivity index (χ1) is 35.5. The number of carbonyl (C=O) groups is 6. The predicted octanol–water partition coefficient (Wildman–Crippen LogP) is 9.43. The fourth-order valence-corrected chi connectivity index (χ4v) is 19.7. The van der Waals surface area contributed by atoms with Crippen molar-refractivity contribution in [1.82, 2.24) is 0 Å². The zero-order valence-corrected chi connectivity index (χ0v) is 44.0. The number of aliphatic hydroxyl groups is 2. The Morgan fingerprint density at radius 3 is 1.24 bits per heavy atom. The van der Waals surface area contributed by atoms with Crippen LogP contribution in [0.15, 0.2) is 47.6 Å². The first-order valence-electron chi connectivity index (χ1n) is 27.7. The molecule has 0 spiro atoms. The Morgan fingerprint density at radius 2 is 0.921 bits per heavy atom. The van der Waals surface area contributed by atoms with E-state index >= 15 is 17.6 Å². The maximum Gasteiger partial charge on any atom is 0.509 e. The SMILES string of the molecule is C[C@@H]1C[C@H]2[C@@H]3C[C@H](F)C4=CC(=O)C=C[C@]4(C)[C@@]3(F)[C@@H](O)C[C@]2(C)[C@@]1(OC(=O)O[C@@H]1C[C@@H]2CC[C@H]1C2)C(=O)O.C[C@@H]1C[C@H]2[C@@H]3C[C@H](F)C4=CC(=O)C=C[C@]4(C)[C@@]3(F)[C@@H](O)C[C@]2(C)[C@@]1(OC(=O)O[C@H]1C[C@H]2CC[C@@H]1C2)C(=O)O. The summed E-state index contributed by atoms with van der Waals surface area (Å²) in [6, 6.07) is 0. The van der Waals surface area contributed by atoms with Crippen molar-refractivity contribution in [2.45, 2.75) is 191 Å². The van der Waals surface area contributed by atoms with Crippen molar-refractivity contribution in [3.05, 3.63) is 47.6 Å². The Kier molecular flexibility index (Phi) is 12.3. The van der Waals surface area contributed by atoms with Gasteiger partial charge in [0.05, 0.1) is 12.2 Å². The molecule has 0 saturated heterocycles. The summed E-state index contributed by atoms with van der Waals surface area (Å²) < 4.78 is 88.8. The lowest BCUT2D eigenvalue weighted by atomic mass is 9.44. The second kappa shape index (κ2) is 17.5. The quantitative estimate of drug-likeness (QED) is 0.144. The third-order valence-corrected chi connectivity index (χ3v) is 23.3. The minimum atomic E-state index is -2.33. The average molecular weight is 1070 g/mol. The van der Waals surface area contributed by atoms with Crippen LogP contribution >= 0.6 is 0 Å². The van der Waals surface area contributed by atoms with Crippen molar-refractivity contribution in [3.63, 3.8) is 0 Å². The highest BCUT2D eigenvalue weighted by Crippen LogP contribution is 2.74. The zero-order chi connectivity index (χ0) is 54.8. The maximum absolute atomic E-state index is 17.3. The number of rotatable bonds is 6. The molecule has 416 valence electrons. The van der Waals surface area contributed by atoms with Crippen LogP contribution in [-0.4, -0.2) is 116 Å². The average Bonchev–Trinajstić information content (AvgIpc) is 4.22. The van der Waals surface area contributed by atoms with E-state index in [1.807, 2.05) is 0 Å². The molecule has 12 aliphatic rings. The number of hydrogen-bond acceptors (Lipinski definition) is 12. The summed E-state index contributed by atoms with van der Waals surface area (Å²) in [6.07, 6.45) is 4.78. The largest absolute Gasteiger partial charge is 0.509 e. The van der Waals surface area contributed by atoms with E-state index in [-0.39, 0.29) is 73.7 Å². The molecule has 24 atom stereocenters. The third-order valence-electron chi connectivity index (χ3n) is 23.3. The van der Waals surface area contributed by atoms with E-state index in [1.165, 1.54) is 38.2 Å². The van der Waals surface area contributed by atoms with Crippen LogP contribution in [0, 0.1) is 80.8 Å². The van der Waals surface area contributed by atoms with E-state index in [0.29, 0.717) is 11.8 Å². The number of alkyl halides is 4. The first-order valence-corrected chi connectivity index (χ1v) is 27.7. The predicted molar refractivity (Wildman–Crippen MR) is 261 cm³/mol. The minimum Gasteiger partial charge on any atom is -0.478 e. The van der Waals surface area contributed by atoms with Crippen LogP contribution in [0.25, 0.3) is 0 Å². The molecule has 10 saturated carbocycles. The number of halogens is 4. The van der Waals surface area contributed by atoms with Gasteiger partial charge in [-0.15, -0.1) is 0 Å². The molecule has 12 rings (SSSR count). The molecule has 18 heteroatoms. The summed E-state index contributed by atoms with van der Waals surface area (Å²) in [4.78, 5) is 76.2. The number of carbonyl (C=O) groups excluding carboxylic acids is 4. The van der Waals surface area contributed by atoms with Gasteiger partial charge in [0.2, 0.25) is 11.2 Å². The molecule has 14 nitrogen and oxygen atoms in total. The standard InChI is InChI=1S/2C29H36F2O7/c2*1-14-8-18-19-12-21(30)20-11-17(32)6-7-26(20,2)28(19,31)23(33)13-27(18,3)29(14,24(34)35)38-25(36)37-22-10-15-4-5-16(22)9-15/h2*6-7,11,14-16,18-19,21-23,33H,4-5,8-10,12-13H2,1-3H3,(H,34,35)/t14-,15+,16-,18+,19+,21+,22+,23+,26+,27+,28+,29+;14-,15-,16+,18+,19+,21+,22-,23+,26+,27+,28+,29+/m11/s1. The maximum atomic E-state index is 17.3. The molecule has 10 fully saturated rings. The molecule has 0 unspecified atom stereocenters. The third kappa shape index (κ3) is 6.87. The van der Waals surface area contributed by atoms with Gasteiger partial charge >= 0.3 is 24.2 Å². The number of allylic oxidation sites excluding steroid dienone is 8. The second-order valence-electron chi connectivity index (χ2n) is 26.4. The van der Waals surface area contributed by atoms with Crippen molar-refractivity contribution in [3.8, 4) is 0 Å². The lowest BCUT2D eigenvalue weighted by molar-refractivity contribution is -0.232. The van der Waals surface area contributed by atoms with Crippen LogP contribution in [0.4, 0.5) is 27.2 Å². The number of aliphatic carboxylic acids is 2. The second-order valence-corrected chi connectivity index (χ2v) is 26.4. The molecule has 0 aromatic carbocycles. The van der Waals surface area contributed by atoms with E-state index in [0.717, 1.165) is 63.5 Å². The number of fused-ring (bicyclic) bond motifs is 14. The highest BCUT2D eigenvalue weighted by atomic mass is 19.2. The summed E-state index contributed by atoms with van der Waals surface area (Å²) in [5.74, 6) is -7.05. The lowest BCUT2D eigenvalue weighted by Crippen LogP contribution is -2.71. The topological polar surface area (TPSA) is 220 Å². The van der Waals surface area contributed by atoms with Crippen molar-refractivity contribution < 1.29 is 85.7 Å². The molecular weight excluding hydrogens is 997 g/mol. The van der Waals surface area contributed by atoms with Crippen LogP contribution < -0.4 is 0 Å². The Balaban J connectivity index is 0.000000162. The summed E-state index contributed by atoms with van der Waals surface area (Å²) in [5, 5.41) is 44.1. The molecule has 0 aliphatic heterocycles. The molecule has 0 amide bonds. The van der Waals surface area contributed by atoms with E-state index in [4.69, 9.17) is 18.9 Å². The van der Waals surface area contributed by atoms with Gasteiger partial charge in [-0.05, 0) is 175 Å². The molecule has 4 N–H and O–H groups in total. The highest BCUT2D eigenvalue weighted by Gasteiger charge is 2.81. The van der Waals surface area contributed by atoms with Crippen molar-refractivity contribution in [2.75, 3.05) is 0 Å². The van der Waals surface area contributed by atoms with E-state index in [2.05, 4.69) is 0 Å². The molecule has 0 radical (unpaired) electrons. The van der Waals surface area contributed by atoms with Gasteiger partial charge in [0.1, 0.15) is 24.6 Å². The van der Waals surface area contributed by atoms with Crippen molar-refractivity contribution >= 4 is 35.8 Å². The molecule has 76 heavy (non-hydrogen) atoms. The van der Waals surface area contributed by atoms with Gasteiger partial charge in [0.25, 0.3) is 0 Å². The Morgan fingerprint density at radius 1 is 0.553 bits per heavy atom. The smallest absolute Gasteiger partial charge is 0.478 e. The summed E-state index contributed by atoms with van der Waals surface area (Å²) >= 11 is 0. The van der Waals surface area contributed by atoms with E-state index < -0.39 is 140 Å². The van der Waals surface area contributed by atoms with E-state index in [1.54, 1.807) is 27.7 Å². The molecule has 0 heterocycles. The van der Waals surface area contributed by atoms with Crippen LogP contribution in [0.1, 0.15) is 131 Å². The van der Waals surface area contributed by atoms with Gasteiger partial charge in [-0.2, -0.15) is 0 Å². The highest BCUT2D eigenvalue weighted by molar-refractivity contribution is 6.02. The Labute approximate surface area is 439 Å². The number of carboxylic acid groups (broad SMARTS) is 2. The van der Waals surface area contributed by atoms with Crippen molar-refractivity contribution in [1.29, 1.82) is 0 Å². The molecule has 0 aromatic heterocycles. The lowest BCUT2D eigenvalue weighted by Gasteiger charge is -2.62. The summed E-state index contributed by atoms with van der Waals surface area (Å²) in [6.45, 7) is 9.53. The normalized spacial score (nSPS) is 52.6. The Bertz CT molecular complexity index is 2480. The van der Waals surface area contributed by atoms with Crippen LogP contribution in [0.5, 0.6) is 0 Å². The fourth-order valence-electron chi connectivity index (χ4n) is 19.7. The molecule has 12 aliphatic carbocycles. The molecular formula is C58H72F4O14. The summed E-state index contributed by atoms with van der Waals surface area (Å²) in [7, 11) is 0. The van der Waals surface area contributed by atoms with Crippen LogP contribution in [0.2, 0.25) is 0 Å². The van der Waals surface area contributed by atoms with Gasteiger partial charge in [0, 0.05) is 45.3 Å². The van der Waals surface area contributed by atoms with Gasteiger partial charge in [0.15, 0.2) is 22.9 Å². The van der Waals surface area contributed by atoms with E-state index in [9.17, 15) is 49.2 Å². The van der Waals surface area contributed by atoms with Crippen LogP contribution in [0.3, 0.4) is 0 Å². The van der Waals surface area contributed by atoms with Crippen LogP contribution in [-0.2, 0) is 38.1 Å². The number of hydrogen-bond donors (Lipinski definition) is 4. The first kappa shape index (κ1) is 53.4. The minimum absolute atomic E-state index is 0.00707. The number of aliphatic hydroxyl groups excluding tert-OH is 2. The van der Waals surface area contributed by atoms with Gasteiger partial charge < -0.3 is 39.4 Å². The number of carboxylic acids is 2. The monoisotopic (exact) mass is 1070 g/mol. The number of ether oxygens (including phenoxy) is 4. The van der Waals surface area contributed by atoms with Gasteiger partial charge in [-0.25, -0.2) is 36.7 Å². The fraction of sp³-hybridized carbons (Fsp3) is 0.759. The summed E-state index contributed by atoms with van der Waals surface area (Å²) in [5.41, 5.74) is -14.7. The van der Waals surface area contributed by atoms with Gasteiger partial charge in [-0.1, -0.05) is 39.8 Å². The Hall–Kier alpha value is -4.58. The molecule has 0 aromatic rings. The molecule has 4 bridgehead atoms. The zero-order valence-electron chi connectivity index (χ0n) is 44.0. The van der Waals surface area contributed by atoms with Crippen molar-refractivity contribution in [2.24, 2.45) is 80.8 Å².